The Morgan fingerprint density at radius 3 is 2.12 bits per heavy atom. The van der Waals surface area contributed by atoms with Gasteiger partial charge in [-0.3, -0.25) is 0 Å². The van der Waals surface area contributed by atoms with E-state index in [1.807, 2.05) is 24.3 Å². The monoisotopic (exact) mass is 252 g/mol. The molecule has 2 aromatic rings. The Bertz CT molecular complexity index is 540. The van der Waals surface area contributed by atoms with Crippen molar-refractivity contribution in [2.45, 2.75) is 0 Å². The first kappa shape index (κ1) is 11.1. The fraction of sp³-hybridized carbons (Fsp3) is 0. The molecule has 1 unspecified atom stereocenters. The quantitative estimate of drug-likeness (QED) is 0.596. The van der Waals surface area contributed by atoms with Gasteiger partial charge in [0.15, 0.2) is 0 Å². The predicted octanol–water partition coefficient (Wildman–Crippen LogP) is 3.40. The van der Waals surface area contributed by atoms with Crippen molar-refractivity contribution >= 4 is 23.7 Å². The van der Waals surface area contributed by atoms with Crippen molar-refractivity contribution in [2.24, 2.45) is 0 Å². The van der Waals surface area contributed by atoms with Gasteiger partial charge in [0.2, 0.25) is 16.5 Å². The molecule has 0 aliphatic heterocycles. The van der Waals surface area contributed by atoms with Crippen LogP contribution in [0.1, 0.15) is 0 Å². The van der Waals surface area contributed by atoms with Crippen LogP contribution < -0.4 is 5.30 Å². The first-order chi connectivity index (χ1) is 7.70. The lowest BCUT2D eigenvalue weighted by Gasteiger charge is -2.00. The van der Waals surface area contributed by atoms with E-state index in [0.29, 0.717) is 11.1 Å². The largest absolute Gasteiger partial charge is 0.593 e. The maximum absolute atomic E-state index is 11.4. The summed E-state index contributed by atoms with van der Waals surface area (Å²) in [7, 11) is -1.91. The molecule has 0 saturated carbocycles. The molecule has 2 aromatic carbocycles. The van der Waals surface area contributed by atoms with Crippen LogP contribution in [0, 0.1) is 0 Å². The molecule has 0 bridgehead atoms. The van der Waals surface area contributed by atoms with E-state index in [1.54, 1.807) is 24.3 Å². The van der Waals surface area contributed by atoms with E-state index in [4.69, 9.17) is 16.3 Å². The topological polar surface area (TPSA) is 40.0 Å². The molecule has 80 valence electrons. The molecule has 0 aliphatic carbocycles. The Labute approximate surface area is 99.1 Å². The number of hydrogen-bond donors (Lipinski definition) is 0. The van der Waals surface area contributed by atoms with Crippen molar-refractivity contribution in [3.05, 3.63) is 48.5 Å². The normalized spacial score (nSPS) is 11.2. The van der Waals surface area contributed by atoms with Gasteiger partial charge in [0.1, 0.15) is 0 Å². The van der Waals surface area contributed by atoms with E-state index in [-0.39, 0.29) is 0 Å². The fourth-order valence-electron chi connectivity index (χ4n) is 1.57. The summed E-state index contributed by atoms with van der Waals surface area (Å²) in [6.45, 7) is 0. The molecule has 0 saturated heterocycles. The molecule has 0 amide bonds. The Balaban J connectivity index is 2.65. The van der Waals surface area contributed by atoms with Crippen molar-refractivity contribution in [3.8, 4) is 16.9 Å². The zero-order valence-electron chi connectivity index (χ0n) is 8.35. The van der Waals surface area contributed by atoms with E-state index >= 15 is 0 Å². The summed E-state index contributed by atoms with van der Waals surface area (Å²) in [5.74, 6) is 0.406. The summed E-state index contributed by atoms with van der Waals surface area (Å²) >= 11 is 5.66. The van der Waals surface area contributed by atoms with Gasteiger partial charge in [-0.05, 0) is 22.8 Å². The number of halogens is 1. The minimum Gasteiger partial charge on any atom is -0.593 e. The maximum atomic E-state index is 11.4. The third-order valence-corrected chi connectivity index (χ3v) is 3.63. The van der Waals surface area contributed by atoms with Gasteiger partial charge < -0.3 is 5.11 Å². The zero-order valence-corrected chi connectivity index (χ0v) is 10.0. The van der Waals surface area contributed by atoms with Gasteiger partial charge in [-0.25, -0.2) is 0 Å². The second-order valence-corrected chi connectivity index (χ2v) is 5.20. The van der Waals surface area contributed by atoms with E-state index in [0.717, 1.165) is 11.1 Å². The highest BCUT2D eigenvalue weighted by Gasteiger charge is 2.24. The summed E-state index contributed by atoms with van der Waals surface area (Å²) in [6.07, 6.45) is 0. The van der Waals surface area contributed by atoms with E-state index in [1.165, 1.54) is 0 Å². The van der Waals surface area contributed by atoms with Gasteiger partial charge in [-0.2, -0.15) is 0 Å². The minimum atomic E-state index is -1.91. The van der Waals surface area contributed by atoms with Gasteiger partial charge in [0, 0.05) is 11.6 Å². The smallest absolute Gasteiger partial charge is 0.494 e. The molecule has 2 nitrogen and oxygen atoms in total. The Morgan fingerprint density at radius 1 is 0.938 bits per heavy atom. The first-order valence-electron chi connectivity index (χ1n) is 4.73. The van der Waals surface area contributed by atoms with Crippen LogP contribution in [-0.2, 0) is 4.57 Å². The van der Waals surface area contributed by atoms with Gasteiger partial charge in [0.05, 0.1) is 5.56 Å². The van der Waals surface area contributed by atoms with Crippen molar-refractivity contribution in [3.63, 3.8) is 0 Å². The van der Waals surface area contributed by atoms with Gasteiger partial charge >= 0.3 is 7.15 Å². The molecule has 2 rings (SSSR count). The molecule has 0 aromatic heterocycles. The third-order valence-electron chi connectivity index (χ3n) is 2.31. The SMILES string of the molecule is O=[P+](Cl)c1ccccc1-c1ccccc1[OH2+]. The highest BCUT2D eigenvalue weighted by Crippen LogP contribution is 2.34. The molecule has 0 radical (unpaired) electrons. The van der Waals surface area contributed by atoms with Gasteiger partial charge in [0.25, 0.3) is 5.75 Å². The Morgan fingerprint density at radius 2 is 1.50 bits per heavy atom. The highest BCUT2D eigenvalue weighted by molar-refractivity contribution is 7.80. The molecule has 0 fully saturated rings. The van der Waals surface area contributed by atoms with E-state index in [2.05, 4.69) is 0 Å². The standard InChI is InChI=1S/C12H8ClO2P/c13-16(15)12-8-4-2-6-10(12)9-5-1-3-7-11(9)14/h1-8H/p+2. The lowest BCUT2D eigenvalue weighted by Crippen LogP contribution is -1.98. The molecule has 1 atom stereocenters. The molecular formula is C12H10ClO2P+2. The summed E-state index contributed by atoms with van der Waals surface area (Å²) in [5, 5.41) is 8.39. The molecule has 0 aliphatic rings. The maximum Gasteiger partial charge on any atom is 0.494 e. The molecular weight excluding hydrogens is 243 g/mol. The van der Waals surface area contributed by atoms with Crippen molar-refractivity contribution in [2.75, 3.05) is 0 Å². The minimum absolute atomic E-state index is 0.406. The van der Waals surface area contributed by atoms with Crippen molar-refractivity contribution < 1.29 is 9.67 Å². The molecule has 0 spiro atoms. The van der Waals surface area contributed by atoms with Crippen LogP contribution in [0.3, 0.4) is 0 Å². The summed E-state index contributed by atoms with van der Waals surface area (Å²) in [5.41, 5.74) is 1.52. The first-order valence-corrected chi connectivity index (χ1v) is 6.89. The lowest BCUT2D eigenvalue weighted by atomic mass is 10.0. The fourth-order valence-corrected chi connectivity index (χ4v) is 2.60. The molecule has 4 heteroatoms. The van der Waals surface area contributed by atoms with Crippen molar-refractivity contribution in [1.29, 1.82) is 0 Å². The predicted molar refractivity (Wildman–Crippen MR) is 68.0 cm³/mol. The summed E-state index contributed by atoms with van der Waals surface area (Å²) < 4.78 is 11.4. The van der Waals surface area contributed by atoms with E-state index in [9.17, 15) is 4.57 Å². The average molecular weight is 253 g/mol. The van der Waals surface area contributed by atoms with Crippen LogP contribution in [0.4, 0.5) is 0 Å². The molecule has 16 heavy (non-hydrogen) atoms. The molecule has 2 N–H and O–H groups in total. The van der Waals surface area contributed by atoms with Crippen molar-refractivity contribution in [1.82, 2.24) is 0 Å². The van der Waals surface area contributed by atoms with Crippen LogP contribution >= 0.6 is 18.4 Å². The van der Waals surface area contributed by atoms with Gasteiger partial charge in [-0.1, -0.05) is 24.3 Å². The van der Waals surface area contributed by atoms with Crippen LogP contribution in [0.5, 0.6) is 5.75 Å². The second-order valence-electron chi connectivity index (χ2n) is 3.31. The van der Waals surface area contributed by atoms with E-state index < -0.39 is 7.15 Å². The average Bonchev–Trinajstić information content (AvgIpc) is 2.29. The van der Waals surface area contributed by atoms with Crippen LogP contribution in [0.2, 0.25) is 0 Å². The number of hydrogen-bond acceptors (Lipinski definition) is 1. The Kier molecular flexibility index (Phi) is 3.23. The number of para-hydroxylation sites is 1. The zero-order chi connectivity index (χ0) is 11.5. The van der Waals surface area contributed by atoms with Crippen LogP contribution in [0.15, 0.2) is 48.5 Å². The number of rotatable bonds is 2. The third kappa shape index (κ3) is 2.08. The Hall–Kier alpha value is -1.37. The van der Waals surface area contributed by atoms with Crippen LogP contribution in [-0.4, -0.2) is 5.11 Å². The summed E-state index contributed by atoms with van der Waals surface area (Å²) in [4.78, 5) is 0. The highest BCUT2D eigenvalue weighted by atomic mass is 35.7. The lowest BCUT2D eigenvalue weighted by molar-refractivity contribution is 0.477. The summed E-state index contributed by atoms with van der Waals surface area (Å²) in [6, 6.07) is 14.4. The van der Waals surface area contributed by atoms with Gasteiger partial charge in [-0.15, -0.1) is 0 Å². The number of benzene rings is 2. The van der Waals surface area contributed by atoms with Crippen LogP contribution in [0.25, 0.3) is 11.1 Å². The second kappa shape index (κ2) is 4.65. The molecule has 0 heterocycles.